The zero-order valence-corrected chi connectivity index (χ0v) is 12.7. The first-order valence-corrected chi connectivity index (χ1v) is 6.90. The number of likely N-dealkylation sites (N-methyl/N-ethyl adjacent to an activating group) is 1. The number of nitrogens with one attached hydrogen (secondary N) is 1. The van der Waals surface area contributed by atoms with E-state index >= 15 is 0 Å². The van der Waals surface area contributed by atoms with E-state index in [1.807, 2.05) is 0 Å². The molecule has 0 bridgehead atoms. The van der Waals surface area contributed by atoms with Gasteiger partial charge in [0.2, 0.25) is 0 Å². The summed E-state index contributed by atoms with van der Waals surface area (Å²) >= 11 is 0. The molecule has 1 aliphatic heterocycles. The van der Waals surface area contributed by atoms with Crippen LogP contribution in [0.3, 0.4) is 0 Å². The second kappa shape index (κ2) is 6.32. The van der Waals surface area contributed by atoms with Gasteiger partial charge < -0.3 is 24.8 Å². The summed E-state index contributed by atoms with van der Waals surface area (Å²) in [5, 5.41) is 13.4. The van der Waals surface area contributed by atoms with Crippen LogP contribution in [0.25, 0.3) is 0 Å². The predicted octanol–water partition coefficient (Wildman–Crippen LogP) is 0.500. The Kier molecular flexibility index (Phi) is 4.69. The van der Waals surface area contributed by atoms with Gasteiger partial charge in [0.1, 0.15) is 0 Å². The van der Waals surface area contributed by atoms with Crippen LogP contribution in [0, 0.1) is 0 Å². The number of carbonyl (C=O) groups is 1. The third kappa shape index (κ3) is 3.46. The Balaban J connectivity index is 2.11. The van der Waals surface area contributed by atoms with Crippen LogP contribution < -0.4 is 14.8 Å². The van der Waals surface area contributed by atoms with Gasteiger partial charge in [0.25, 0.3) is 5.91 Å². The average Bonchev–Trinajstić information content (AvgIpc) is 2.91. The molecule has 0 radical (unpaired) electrons. The fourth-order valence-electron chi connectivity index (χ4n) is 2.57. The van der Waals surface area contributed by atoms with Crippen molar-refractivity contribution in [3.63, 3.8) is 0 Å². The molecule has 1 heterocycles. The van der Waals surface area contributed by atoms with E-state index in [-0.39, 0.29) is 5.91 Å². The molecule has 1 atom stereocenters. The lowest BCUT2D eigenvalue weighted by Crippen LogP contribution is -2.45. The summed E-state index contributed by atoms with van der Waals surface area (Å²) in [6, 6.07) is 5.04. The second-order valence-corrected chi connectivity index (χ2v) is 5.38. The number of amides is 1. The number of hydrogen-bond acceptors (Lipinski definition) is 5. The summed E-state index contributed by atoms with van der Waals surface area (Å²) in [4.78, 5) is 14.0. The number of benzene rings is 1. The minimum atomic E-state index is -0.846. The number of carbonyl (C=O) groups excluding carboxylic acids is 1. The molecule has 2 N–H and O–H groups in total. The number of hydrogen-bond donors (Lipinski definition) is 2. The van der Waals surface area contributed by atoms with Crippen LogP contribution in [0.5, 0.6) is 11.5 Å². The minimum Gasteiger partial charge on any atom is -0.493 e. The topological polar surface area (TPSA) is 71.0 Å². The molecule has 1 saturated heterocycles. The molecule has 0 aliphatic carbocycles. The van der Waals surface area contributed by atoms with E-state index in [0.717, 1.165) is 6.54 Å². The molecule has 0 spiro atoms. The van der Waals surface area contributed by atoms with Crippen molar-refractivity contribution in [2.75, 3.05) is 40.9 Å². The SMILES string of the molecule is COc1ccc(C(=O)N(C)CC2(O)CCNC2)cc1OC. The molecule has 116 valence electrons. The first kappa shape index (κ1) is 15.6. The number of aliphatic hydroxyl groups is 1. The lowest BCUT2D eigenvalue weighted by Gasteiger charge is -2.28. The normalized spacial score (nSPS) is 21.1. The molecule has 6 heteroatoms. The number of β-amino-alcohol motifs (C(OH)–C–C–N with tert-alkyl or cyclic N) is 1. The van der Waals surface area contributed by atoms with E-state index < -0.39 is 5.60 Å². The van der Waals surface area contributed by atoms with Crippen molar-refractivity contribution < 1.29 is 19.4 Å². The van der Waals surface area contributed by atoms with Crippen molar-refractivity contribution in [2.24, 2.45) is 0 Å². The largest absolute Gasteiger partial charge is 0.493 e. The maximum atomic E-state index is 12.4. The molecule has 1 aromatic rings. The molecule has 1 fully saturated rings. The molecule has 1 aliphatic rings. The van der Waals surface area contributed by atoms with E-state index in [1.54, 1.807) is 32.4 Å². The summed E-state index contributed by atoms with van der Waals surface area (Å²) in [6.07, 6.45) is 0.649. The predicted molar refractivity (Wildman–Crippen MR) is 78.9 cm³/mol. The highest BCUT2D eigenvalue weighted by atomic mass is 16.5. The highest BCUT2D eigenvalue weighted by molar-refractivity contribution is 5.94. The van der Waals surface area contributed by atoms with Crippen LogP contribution in [-0.2, 0) is 0 Å². The zero-order valence-electron chi connectivity index (χ0n) is 12.7. The van der Waals surface area contributed by atoms with Crippen LogP contribution >= 0.6 is 0 Å². The van der Waals surface area contributed by atoms with Crippen LogP contribution in [0.4, 0.5) is 0 Å². The quantitative estimate of drug-likeness (QED) is 0.827. The lowest BCUT2D eigenvalue weighted by atomic mass is 10.0. The number of rotatable bonds is 5. The molecule has 1 amide bonds. The highest BCUT2D eigenvalue weighted by Crippen LogP contribution is 2.28. The monoisotopic (exact) mass is 294 g/mol. The smallest absolute Gasteiger partial charge is 0.253 e. The van der Waals surface area contributed by atoms with Crippen molar-refractivity contribution in [1.29, 1.82) is 0 Å². The Hall–Kier alpha value is -1.79. The standard InChI is InChI=1S/C15H22N2O4/c1-17(10-15(19)6-7-16-9-15)14(18)11-4-5-12(20-2)13(8-11)21-3/h4-5,8,16,19H,6-7,9-10H2,1-3H3. The fourth-order valence-corrected chi connectivity index (χ4v) is 2.57. The van der Waals surface area contributed by atoms with Crippen LogP contribution in [0.2, 0.25) is 0 Å². The average molecular weight is 294 g/mol. The molecule has 21 heavy (non-hydrogen) atoms. The van der Waals surface area contributed by atoms with Gasteiger partial charge in [0.15, 0.2) is 11.5 Å². The number of methoxy groups -OCH3 is 2. The molecule has 0 saturated carbocycles. The molecule has 2 rings (SSSR count). The Morgan fingerprint density at radius 3 is 2.67 bits per heavy atom. The second-order valence-electron chi connectivity index (χ2n) is 5.38. The molecule has 1 aromatic carbocycles. The van der Waals surface area contributed by atoms with Crippen molar-refractivity contribution in [2.45, 2.75) is 12.0 Å². The van der Waals surface area contributed by atoms with Crippen molar-refractivity contribution >= 4 is 5.91 Å². The van der Waals surface area contributed by atoms with Gasteiger partial charge in [-0.05, 0) is 31.2 Å². The van der Waals surface area contributed by atoms with Crippen LogP contribution in [0.15, 0.2) is 18.2 Å². The van der Waals surface area contributed by atoms with E-state index in [2.05, 4.69) is 5.32 Å². The van der Waals surface area contributed by atoms with Gasteiger partial charge in [-0.25, -0.2) is 0 Å². The van der Waals surface area contributed by atoms with Gasteiger partial charge in [-0.1, -0.05) is 0 Å². The van der Waals surface area contributed by atoms with E-state index in [1.165, 1.54) is 12.0 Å². The lowest BCUT2D eigenvalue weighted by molar-refractivity contribution is 0.0252. The van der Waals surface area contributed by atoms with E-state index in [0.29, 0.717) is 36.6 Å². The van der Waals surface area contributed by atoms with Crippen molar-refractivity contribution in [3.8, 4) is 11.5 Å². The molecular weight excluding hydrogens is 272 g/mol. The first-order chi connectivity index (χ1) is 9.99. The maximum absolute atomic E-state index is 12.4. The summed E-state index contributed by atoms with van der Waals surface area (Å²) in [6.45, 7) is 1.58. The third-order valence-electron chi connectivity index (χ3n) is 3.73. The Bertz CT molecular complexity index is 512. The summed E-state index contributed by atoms with van der Waals surface area (Å²) in [7, 11) is 4.77. The van der Waals surface area contributed by atoms with Crippen molar-refractivity contribution in [3.05, 3.63) is 23.8 Å². The van der Waals surface area contributed by atoms with Crippen LogP contribution in [-0.4, -0.2) is 62.4 Å². The first-order valence-electron chi connectivity index (χ1n) is 6.90. The van der Waals surface area contributed by atoms with Gasteiger partial charge in [-0.2, -0.15) is 0 Å². The molecular formula is C15H22N2O4. The van der Waals surface area contributed by atoms with E-state index in [4.69, 9.17) is 9.47 Å². The Morgan fingerprint density at radius 1 is 1.38 bits per heavy atom. The van der Waals surface area contributed by atoms with Gasteiger partial charge in [-0.3, -0.25) is 4.79 Å². The van der Waals surface area contributed by atoms with Gasteiger partial charge in [-0.15, -0.1) is 0 Å². The number of ether oxygens (including phenoxy) is 2. The minimum absolute atomic E-state index is 0.156. The molecule has 6 nitrogen and oxygen atoms in total. The fraction of sp³-hybridized carbons (Fsp3) is 0.533. The molecule has 1 unspecified atom stereocenters. The number of nitrogens with zero attached hydrogens (tertiary/aromatic N) is 1. The summed E-state index contributed by atoms with van der Waals surface area (Å²) < 4.78 is 10.4. The Labute approximate surface area is 124 Å². The highest BCUT2D eigenvalue weighted by Gasteiger charge is 2.33. The summed E-state index contributed by atoms with van der Waals surface area (Å²) in [5.74, 6) is 0.935. The van der Waals surface area contributed by atoms with Crippen molar-refractivity contribution in [1.82, 2.24) is 10.2 Å². The zero-order chi connectivity index (χ0) is 15.5. The van der Waals surface area contributed by atoms with Gasteiger partial charge in [0.05, 0.1) is 26.4 Å². The van der Waals surface area contributed by atoms with Crippen LogP contribution in [0.1, 0.15) is 16.8 Å². The Morgan fingerprint density at radius 2 is 2.10 bits per heavy atom. The van der Waals surface area contributed by atoms with Gasteiger partial charge in [0, 0.05) is 19.2 Å². The summed E-state index contributed by atoms with van der Waals surface area (Å²) in [5.41, 5.74) is -0.342. The molecule has 0 aromatic heterocycles. The third-order valence-corrected chi connectivity index (χ3v) is 3.73. The van der Waals surface area contributed by atoms with Gasteiger partial charge >= 0.3 is 0 Å². The maximum Gasteiger partial charge on any atom is 0.253 e. The van der Waals surface area contributed by atoms with E-state index in [9.17, 15) is 9.90 Å².